The van der Waals surface area contributed by atoms with Gasteiger partial charge in [-0.3, -0.25) is 4.79 Å². The minimum atomic E-state index is -0.309. The second-order valence-electron chi connectivity index (χ2n) is 4.19. The van der Waals surface area contributed by atoms with Crippen LogP contribution in [0.5, 0.6) is 0 Å². The molecule has 0 saturated heterocycles. The Labute approximate surface area is 131 Å². The molecule has 6 nitrogen and oxygen atoms in total. The van der Waals surface area contributed by atoms with E-state index in [9.17, 15) is 4.79 Å². The van der Waals surface area contributed by atoms with Crippen LogP contribution in [0.1, 0.15) is 16.1 Å². The summed E-state index contributed by atoms with van der Waals surface area (Å²) in [5, 5.41) is 11.4. The van der Waals surface area contributed by atoms with Gasteiger partial charge in [0.15, 0.2) is 11.5 Å². The maximum absolute atomic E-state index is 11.9. The number of hydrogen-bond donors (Lipinski definition) is 3. The van der Waals surface area contributed by atoms with Crippen LogP contribution in [-0.2, 0) is 6.42 Å². The average Bonchev–Trinajstić information content (AvgIpc) is 2.49. The SMILES string of the molecule is NNc1ccc(C(=O)NCCc2ccc(Cl)cc2Cl)nn1. The number of carbonyl (C=O) groups is 1. The molecule has 0 radical (unpaired) electrons. The lowest BCUT2D eigenvalue weighted by Crippen LogP contribution is -2.27. The summed E-state index contributed by atoms with van der Waals surface area (Å²) >= 11 is 11.9. The molecule has 2 rings (SSSR count). The molecule has 0 aliphatic heterocycles. The van der Waals surface area contributed by atoms with Crippen molar-refractivity contribution in [2.75, 3.05) is 12.0 Å². The van der Waals surface area contributed by atoms with Gasteiger partial charge < -0.3 is 10.7 Å². The predicted octanol–water partition coefficient (Wildman–Crippen LogP) is 2.04. The molecule has 110 valence electrons. The van der Waals surface area contributed by atoms with Gasteiger partial charge in [-0.2, -0.15) is 0 Å². The normalized spacial score (nSPS) is 10.2. The number of amides is 1. The highest BCUT2D eigenvalue weighted by molar-refractivity contribution is 6.35. The standard InChI is InChI=1S/C13H13Cl2N5O/c14-9-2-1-8(10(15)7-9)5-6-17-13(21)11-3-4-12(18-16)20-19-11/h1-4,7H,5-6,16H2,(H,17,21)(H,18,20). The molecular formula is C13H13Cl2N5O. The first-order valence-corrected chi connectivity index (χ1v) is 6.88. The second-order valence-corrected chi connectivity index (χ2v) is 5.03. The first-order valence-electron chi connectivity index (χ1n) is 6.12. The average molecular weight is 326 g/mol. The van der Waals surface area contributed by atoms with Crippen LogP contribution in [0.25, 0.3) is 0 Å². The zero-order valence-corrected chi connectivity index (χ0v) is 12.4. The molecule has 0 aliphatic rings. The fourth-order valence-electron chi connectivity index (χ4n) is 1.66. The number of benzene rings is 1. The van der Waals surface area contributed by atoms with Crippen LogP contribution < -0.4 is 16.6 Å². The number of nitrogens with one attached hydrogen (secondary N) is 2. The number of aromatic nitrogens is 2. The Hall–Kier alpha value is -1.89. The Morgan fingerprint density at radius 2 is 2.00 bits per heavy atom. The van der Waals surface area contributed by atoms with Crippen LogP contribution in [0.2, 0.25) is 10.0 Å². The van der Waals surface area contributed by atoms with E-state index in [1.807, 2.05) is 6.07 Å². The Morgan fingerprint density at radius 1 is 1.19 bits per heavy atom. The zero-order valence-electron chi connectivity index (χ0n) is 10.9. The van der Waals surface area contributed by atoms with E-state index in [0.29, 0.717) is 28.8 Å². The third-order valence-corrected chi connectivity index (χ3v) is 3.33. The number of halogens is 2. The lowest BCUT2D eigenvalue weighted by molar-refractivity contribution is 0.0948. The fraction of sp³-hybridized carbons (Fsp3) is 0.154. The van der Waals surface area contributed by atoms with Crippen LogP contribution in [0.4, 0.5) is 5.82 Å². The summed E-state index contributed by atoms with van der Waals surface area (Å²) in [7, 11) is 0. The van der Waals surface area contributed by atoms with Crippen molar-refractivity contribution in [2.45, 2.75) is 6.42 Å². The molecule has 1 amide bonds. The van der Waals surface area contributed by atoms with Crippen molar-refractivity contribution < 1.29 is 4.79 Å². The second kappa shape index (κ2) is 7.21. The molecule has 0 fully saturated rings. The van der Waals surface area contributed by atoms with Crippen LogP contribution in [0.15, 0.2) is 30.3 Å². The molecule has 8 heteroatoms. The summed E-state index contributed by atoms with van der Waals surface area (Å²) in [4.78, 5) is 11.9. The van der Waals surface area contributed by atoms with Crippen LogP contribution in [0, 0.1) is 0 Å². The Kier molecular flexibility index (Phi) is 5.32. The number of hydrogen-bond acceptors (Lipinski definition) is 5. The number of nitrogen functional groups attached to an aromatic ring is 1. The third-order valence-electron chi connectivity index (χ3n) is 2.74. The number of hydrazine groups is 1. The maximum Gasteiger partial charge on any atom is 0.271 e. The zero-order chi connectivity index (χ0) is 15.2. The van der Waals surface area contributed by atoms with Crippen LogP contribution in [-0.4, -0.2) is 22.6 Å². The molecule has 0 aliphatic carbocycles. The molecule has 1 aromatic heterocycles. The topological polar surface area (TPSA) is 92.9 Å². The van der Waals surface area contributed by atoms with Crippen molar-refractivity contribution in [1.29, 1.82) is 0 Å². The Balaban J connectivity index is 1.88. The highest BCUT2D eigenvalue weighted by atomic mass is 35.5. The monoisotopic (exact) mass is 325 g/mol. The van der Waals surface area contributed by atoms with Gasteiger partial charge in [0.25, 0.3) is 5.91 Å². The number of rotatable bonds is 5. The number of anilines is 1. The van der Waals surface area contributed by atoms with Crippen LogP contribution >= 0.6 is 23.2 Å². The molecule has 2 aromatic rings. The third kappa shape index (κ3) is 4.29. The van der Waals surface area contributed by atoms with Gasteiger partial charge in [0, 0.05) is 16.6 Å². The minimum absolute atomic E-state index is 0.219. The van der Waals surface area contributed by atoms with Crippen LogP contribution in [0.3, 0.4) is 0 Å². The highest BCUT2D eigenvalue weighted by Crippen LogP contribution is 2.21. The van der Waals surface area contributed by atoms with E-state index in [2.05, 4.69) is 20.9 Å². The first-order chi connectivity index (χ1) is 10.1. The van der Waals surface area contributed by atoms with E-state index in [0.717, 1.165) is 5.56 Å². The van der Waals surface area contributed by atoms with E-state index in [1.54, 1.807) is 18.2 Å². The molecule has 0 bridgehead atoms. The molecule has 1 aromatic carbocycles. The van der Waals surface area contributed by atoms with Gasteiger partial charge in [0.2, 0.25) is 0 Å². The highest BCUT2D eigenvalue weighted by Gasteiger charge is 2.08. The van der Waals surface area contributed by atoms with Gasteiger partial charge in [0.1, 0.15) is 0 Å². The van der Waals surface area contributed by atoms with Gasteiger partial charge in [-0.1, -0.05) is 29.3 Å². The summed E-state index contributed by atoms with van der Waals surface area (Å²) in [6.45, 7) is 0.429. The summed E-state index contributed by atoms with van der Waals surface area (Å²) in [6, 6.07) is 8.36. The van der Waals surface area contributed by atoms with Gasteiger partial charge in [-0.05, 0) is 36.2 Å². The Bertz CT molecular complexity index is 633. The smallest absolute Gasteiger partial charge is 0.271 e. The molecule has 4 N–H and O–H groups in total. The molecule has 0 atom stereocenters. The van der Waals surface area contributed by atoms with Crippen molar-refractivity contribution in [2.24, 2.45) is 5.84 Å². The summed E-state index contributed by atoms with van der Waals surface area (Å²) in [5.74, 6) is 5.25. The molecule has 0 unspecified atom stereocenters. The quantitative estimate of drug-likeness (QED) is 0.577. The lowest BCUT2D eigenvalue weighted by Gasteiger charge is -2.07. The summed E-state index contributed by atoms with van der Waals surface area (Å²) < 4.78 is 0. The van der Waals surface area contributed by atoms with E-state index in [1.165, 1.54) is 6.07 Å². The summed E-state index contributed by atoms with van der Waals surface area (Å²) in [5.41, 5.74) is 3.47. The molecule has 0 spiro atoms. The first kappa shape index (κ1) is 15.5. The number of nitrogens with zero attached hydrogens (tertiary/aromatic N) is 2. The predicted molar refractivity (Wildman–Crippen MR) is 82.3 cm³/mol. The van der Waals surface area contributed by atoms with E-state index in [-0.39, 0.29) is 11.6 Å². The summed E-state index contributed by atoms with van der Waals surface area (Å²) in [6.07, 6.45) is 0.595. The van der Waals surface area contributed by atoms with E-state index < -0.39 is 0 Å². The van der Waals surface area contributed by atoms with Crippen molar-refractivity contribution in [3.05, 3.63) is 51.6 Å². The molecule has 1 heterocycles. The van der Waals surface area contributed by atoms with Gasteiger partial charge in [-0.25, -0.2) is 5.84 Å². The van der Waals surface area contributed by atoms with Gasteiger partial charge in [-0.15, -0.1) is 10.2 Å². The lowest BCUT2D eigenvalue weighted by atomic mass is 10.1. The molecular weight excluding hydrogens is 313 g/mol. The fourth-order valence-corrected chi connectivity index (χ4v) is 2.16. The van der Waals surface area contributed by atoms with Crippen molar-refractivity contribution in [3.63, 3.8) is 0 Å². The largest absolute Gasteiger partial charge is 0.350 e. The van der Waals surface area contributed by atoms with E-state index >= 15 is 0 Å². The molecule has 21 heavy (non-hydrogen) atoms. The van der Waals surface area contributed by atoms with E-state index in [4.69, 9.17) is 29.0 Å². The van der Waals surface area contributed by atoms with Gasteiger partial charge in [0.05, 0.1) is 0 Å². The minimum Gasteiger partial charge on any atom is -0.350 e. The van der Waals surface area contributed by atoms with Crippen molar-refractivity contribution >= 4 is 34.9 Å². The Morgan fingerprint density at radius 3 is 2.62 bits per heavy atom. The maximum atomic E-state index is 11.9. The number of nitrogens with two attached hydrogens (primary N) is 1. The van der Waals surface area contributed by atoms with Crippen molar-refractivity contribution in [1.82, 2.24) is 15.5 Å². The molecule has 0 saturated carbocycles. The van der Waals surface area contributed by atoms with Crippen molar-refractivity contribution in [3.8, 4) is 0 Å². The number of carbonyl (C=O) groups excluding carboxylic acids is 1. The van der Waals surface area contributed by atoms with Gasteiger partial charge >= 0.3 is 0 Å².